The highest BCUT2D eigenvalue weighted by molar-refractivity contribution is 7.80. The lowest BCUT2D eigenvalue weighted by Gasteiger charge is -2.12. The van der Waals surface area contributed by atoms with Crippen LogP contribution in [0.5, 0.6) is 5.75 Å². The lowest BCUT2D eigenvalue weighted by Crippen LogP contribution is -2.34. The lowest BCUT2D eigenvalue weighted by atomic mass is 10.2. The maximum Gasteiger partial charge on any atom is 0.261 e. The zero-order valence-corrected chi connectivity index (χ0v) is 17.5. The second-order valence-corrected chi connectivity index (χ2v) is 7.00. The van der Waals surface area contributed by atoms with Gasteiger partial charge in [0.15, 0.2) is 5.11 Å². The van der Waals surface area contributed by atoms with Gasteiger partial charge in [-0.05, 0) is 66.8 Å². The fourth-order valence-corrected chi connectivity index (χ4v) is 3.04. The first-order chi connectivity index (χ1) is 14.5. The Morgan fingerprint density at radius 2 is 1.53 bits per heavy atom. The summed E-state index contributed by atoms with van der Waals surface area (Å²) in [5.74, 6) is -0.189. The van der Waals surface area contributed by atoms with Gasteiger partial charge < -0.3 is 15.4 Å². The molecule has 0 aliphatic carbocycles. The van der Waals surface area contributed by atoms with Crippen LogP contribution in [-0.4, -0.2) is 24.0 Å². The summed E-state index contributed by atoms with van der Waals surface area (Å²) in [4.78, 5) is 24.7. The number of ether oxygens (including phenoxy) is 1. The third-order valence-corrected chi connectivity index (χ3v) is 4.51. The van der Waals surface area contributed by atoms with Gasteiger partial charge in [-0.3, -0.25) is 14.9 Å². The molecule has 0 aliphatic heterocycles. The first-order valence-corrected chi connectivity index (χ1v) is 9.67. The average Bonchev–Trinajstić information content (AvgIpc) is 2.75. The van der Waals surface area contributed by atoms with Crippen molar-refractivity contribution in [1.29, 1.82) is 0 Å². The summed E-state index contributed by atoms with van der Waals surface area (Å²) in [5, 5.41) is 8.96. The molecule has 3 aromatic rings. The molecule has 0 unspecified atom stereocenters. The molecule has 6 nitrogen and oxygen atoms in total. The van der Waals surface area contributed by atoms with E-state index in [1.807, 2.05) is 0 Å². The summed E-state index contributed by atoms with van der Waals surface area (Å²) >= 11 is 11.1. The maximum absolute atomic E-state index is 12.4. The number of para-hydroxylation sites is 1. The number of hydrogen-bond acceptors (Lipinski definition) is 4. The number of hydrogen-bond donors (Lipinski definition) is 3. The summed E-state index contributed by atoms with van der Waals surface area (Å²) < 4.78 is 5.18. The molecule has 2 amide bonds. The normalized spacial score (nSPS) is 10.1. The Labute approximate surface area is 184 Å². The van der Waals surface area contributed by atoms with Crippen molar-refractivity contribution in [3.8, 4) is 5.75 Å². The van der Waals surface area contributed by atoms with Crippen molar-refractivity contribution >= 4 is 52.1 Å². The van der Waals surface area contributed by atoms with Gasteiger partial charge in [-0.2, -0.15) is 0 Å². The highest BCUT2D eigenvalue weighted by atomic mass is 35.5. The summed E-state index contributed by atoms with van der Waals surface area (Å²) in [6.07, 6.45) is 0. The Bertz CT molecular complexity index is 1090. The van der Waals surface area contributed by atoms with Gasteiger partial charge in [-0.15, -0.1) is 0 Å². The number of thiocarbonyl (C=S) groups is 1. The van der Waals surface area contributed by atoms with Gasteiger partial charge in [-0.25, -0.2) is 0 Å². The zero-order chi connectivity index (χ0) is 21.5. The zero-order valence-electron chi connectivity index (χ0n) is 15.9. The second kappa shape index (κ2) is 9.87. The smallest absolute Gasteiger partial charge is 0.261 e. The molecule has 0 radical (unpaired) electrons. The highest BCUT2D eigenvalue weighted by Crippen LogP contribution is 2.18. The standard InChI is InChI=1S/C22H18ClN3O3S/c1-29-19-8-3-2-7-18(19)21(28)26-22(30)25-17-11-9-16(10-12-17)24-20(27)14-5-4-6-15(23)13-14/h2-13H,1H3,(H,24,27)(H2,25,26,28,30). The van der Waals surface area contributed by atoms with Crippen LogP contribution in [0.25, 0.3) is 0 Å². The molecule has 152 valence electrons. The summed E-state index contributed by atoms with van der Waals surface area (Å²) in [6.45, 7) is 0. The fraction of sp³-hybridized carbons (Fsp3) is 0.0455. The minimum Gasteiger partial charge on any atom is -0.496 e. The number of methoxy groups -OCH3 is 1. The van der Waals surface area contributed by atoms with Crippen molar-refractivity contribution in [1.82, 2.24) is 5.32 Å². The van der Waals surface area contributed by atoms with E-state index in [0.717, 1.165) is 0 Å². The Morgan fingerprint density at radius 3 is 2.20 bits per heavy atom. The molecule has 30 heavy (non-hydrogen) atoms. The topological polar surface area (TPSA) is 79.5 Å². The highest BCUT2D eigenvalue weighted by Gasteiger charge is 2.13. The number of anilines is 2. The van der Waals surface area contributed by atoms with Crippen LogP contribution in [0.1, 0.15) is 20.7 Å². The predicted molar refractivity (Wildman–Crippen MR) is 123 cm³/mol. The van der Waals surface area contributed by atoms with Crippen LogP contribution in [0.15, 0.2) is 72.8 Å². The van der Waals surface area contributed by atoms with Gasteiger partial charge in [0.1, 0.15) is 5.75 Å². The number of amides is 2. The molecule has 3 rings (SSSR count). The Morgan fingerprint density at radius 1 is 0.867 bits per heavy atom. The maximum atomic E-state index is 12.4. The van der Waals surface area contributed by atoms with Gasteiger partial charge in [-0.1, -0.05) is 29.8 Å². The molecule has 8 heteroatoms. The molecule has 3 aromatic carbocycles. The van der Waals surface area contributed by atoms with Crippen LogP contribution in [-0.2, 0) is 0 Å². The first kappa shape index (κ1) is 21.3. The molecule has 0 saturated heterocycles. The van der Waals surface area contributed by atoms with Crippen molar-refractivity contribution in [2.75, 3.05) is 17.7 Å². The van der Waals surface area contributed by atoms with E-state index in [1.54, 1.807) is 72.8 Å². The molecule has 3 N–H and O–H groups in total. The SMILES string of the molecule is COc1ccccc1C(=O)NC(=S)Nc1ccc(NC(=O)c2cccc(Cl)c2)cc1. The van der Waals surface area contributed by atoms with Gasteiger partial charge >= 0.3 is 0 Å². The molecule has 0 saturated carbocycles. The minimum absolute atomic E-state index is 0.140. The van der Waals surface area contributed by atoms with Crippen LogP contribution in [0.4, 0.5) is 11.4 Å². The van der Waals surface area contributed by atoms with Crippen LogP contribution in [0, 0.1) is 0 Å². The third kappa shape index (κ3) is 5.56. The molecule has 0 aliphatic rings. The van der Waals surface area contributed by atoms with Crippen LogP contribution in [0.3, 0.4) is 0 Å². The summed E-state index contributed by atoms with van der Waals surface area (Å²) in [7, 11) is 1.50. The molecule has 0 spiro atoms. The number of benzene rings is 3. The summed E-state index contributed by atoms with van der Waals surface area (Å²) in [6, 6.07) is 20.4. The van der Waals surface area contributed by atoms with Crippen molar-refractivity contribution in [2.45, 2.75) is 0 Å². The second-order valence-electron chi connectivity index (χ2n) is 6.15. The van der Waals surface area contributed by atoms with Crippen molar-refractivity contribution in [2.24, 2.45) is 0 Å². The van der Waals surface area contributed by atoms with Crippen LogP contribution in [0.2, 0.25) is 5.02 Å². The van der Waals surface area contributed by atoms with Crippen molar-refractivity contribution in [3.63, 3.8) is 0 Å². The molecule has 0 atom stereocenters. The first-order valence-electron chi connectivity index (χ1n) is 8.88. The van der Waals surface area contributed by atoms with Crippen LogP contribution < -0.4 is 20.7 Å². The van der Waals surface area contributed by atoms with E-state index in [4.69, 9.17) is 28.6 Å². The predicted octanol–water partition coefficient (Wildman–Crippen LogP) is 4.73. The van der Waals surface area contributed by atoms with E-state index < -0.39 is 0 Å². The lowest BCUT2D eigenvalue weighted by molar-refractivity contribution is 0.0973. The number of halogens is 1. The minimum atomic E-state index is -0.379. The van der Waals surface area contributed by atoms with E-state index in [-0.39, 0.29) is 16.9 Å². The Balaban J connectivity index is 1.58. The van der Waals surface area contributed by atoms with Crippen molar-refractivity contribution < 1.29 is 14.3 Å². The number of nitrogens with one attached hydrogen (secondary N) is 3. The van der Waals surface area contributed by atoms with Gasteiger partial charge in [0, 0.05) is 22.0 Å². The number of carbonyl (C=O) groups is 2. The molecular weight excluding hydrogens is 422 g/mol. The Kier molecular flexibility index (Phi) is 7.00. The number of carbonyl (C=O) groups excluding carboxylic acids is 2. The van der Waals surface area contributed by atoms with E-state index >= 15 is 0 Å². The van der Waals surface area contributed by atoms with Gasteiger partial charge in [0.25, 0.3) is 11.8 Å². The monoisotopic (exact) mass is 439 g/mol. The Hall–Kier alpha value is -3.42. The largest absolute Gasteiger partial charge is 0.496 e. The van der Waals surface area contributed by atoms with Gasteiger partial charge in [0.2, 0.25) is 0 Å². The molecule has 0 heterocycles. The molecular formula is C22H18ClN3O3S. The van der Waals surface area contributed by atoms with E-state index in [9.17, 15) is 9.59 Å². The molecule has 0 bridgehead atoms. The van der Waals surface area contributed by atoms with Crippen LogP contribution >= 0.6 is 23.8 Å². The quantitative estimate of drug-likeness (QED) is 0.501. The van der Waals surface area contributed by atoms with Crippen molar-refractivity contribution in [3.05, 3.63) is 88.9 Å². The average molecular weight is 440 g/mol. The molecule has 0 fully saturated rings. The third-order valence-electron chi connectivity index (χ3n) is 4.07. The van der Waals surface area contributed by atoms with E-state index in [1.165, 1.54) is 7.11 Å². The fourth-order valence-electron chi connectivity index (χ4n) is 2.63. The molecule has 0 aromatic heterocycles. The van der Waals surface area contributed by atoms with Gasteiger partial charge in [0.05, 0.1) is 12.7 Å². The van der Waals surface area contributed by atoms with E-state index in [2.05, 4.69) is 16.0 Å². The van der Waals surface area contributed by atoms with E-state index in [0.29, 0.717) is 33.3 Å². The number of rotatable bonds is 5. The summed E-state index contributed by atoms with van der Waals surface area (Å²) in [5.41, 5.74) is 2.10.